The maximum absolute atomic E-state index is 10.7. The first kappa shape index (κ1) is 18.5. The van der Waals surface area contributed by atoms with Gasteiger partial charge in [-0.1, -0.05) is 35.6 Å². The first-order chi connectivity index (χ1) is 13.2. The summed E-state index contributed by atoms with van der Waals surface area (Å²) in [6, 6.07) is 16.1. The summed E-state index contributed by atoms with van der Waals surface area (Å²) in [5.74, 6) is 0.777. The zero-order valence-corrected chi connectivity index (χ0v) is 16.3. The third kappa shape index (κ3) is 4.91. The number of rotatable bonds is 6. The van der Waals surface area contributed by atoms with Gasteiger partial charge in [-0.15, -0.1) is 0 Å². The predicted molar refractivity (Wildman–Crippen MR) is 106 cm³/mol. The van der Waals surface area contributed by atoms with Crippen molar-refractivity contribution in [2.45, 2.75) is 25.4 Å². The van der Waals surface area contributed by atoms with Crippen LogP contribution in [-0.4, -0.2) is 37.8 Å². The van der Waals surface area contributed by atoms with Crippen LogP contribution in [0.5, 0.6) is 10.9 Å². The van der Waals surface area contributed by atoms with E-state index in [1.165, 1.54) is 16.9 Å². The van der Waals surface area contributed by atoms with Crippen LogP contribution in [0.2, 0.25) is 0 Å². The van der Waals surface area contributed by atoms with Crippen LogP contribution in [0.25, 0.3) is 10.2 Å². The molecule has 3 aromatic rings. The van der Waals surface area contributed by atoms with Crippen LogP contribution in [0.4, 0.5) is 0 Å². The molecular formula is C19H20N3O3S2-. The Morgan fingerprint density at radius 3 is 2.63 bits per heavy atom. The van der Waals surface area contributed by atoms with E-state index in [1.54, 1.807) is 0 Å². The van der Waals surface area contributed by atoms with Gasteiger partial charge in [0.25, 0.3) is 5.19 Å². The zero-order chi connectivity index (χ0) is 18.6. The SMILES string of the molecule is O=S([O-])NC1CCN(Cc2ccc(Oc3nc4ccccc4s3)cc2)CC1. The quantitative estimate of drug-likeness (QED) is 0.639. The third-order valence-corrected chi connectivity index (χ3v) is 6.10. The predicted octanol–water partition coefficient (Wildman–Crippen LogP) is 3.44. The first-order valence-electron chi connectivity index (χ1n) is 8.86. The number of aromatic nitrogens is 1. The van der Waals surface area contributed by atoms with Gasteiger partial charge >= 0.3 is 0 Å². The van der Waals surface area contributed by atoms with E-state index in [1.807, 2.05) is 36.4 Å². The minimum absolute atomic E-state index is 0.0594. The Kier molecular flexibility index (Phi) is 5.80. The van der Waals surface area contributed by atoms with Gasteiger partial charge < -0.3 is 9.29 Å². The smallest absolute Gasteiger partial charge is 0.279 e. The molecule has 2 aromatic carbocycles. The second kappa shape index (κ2) is 8.45. The van der Waals surface area contributed by atoms with Gasteiger partial charge in [-0.3, -0.25) is 9.11 Å². The molecule has 1 atom stereocenters. The van der Waals surface area contributed by atoms with Crippen molar-refractivity contribution in [1.82, 2.24) is 14.6 Å². The molecule has 1 saturated heterocycles. The van der Waals surface area contributed by atoms with Gasteiger partial charge in [-0.05, 0) is 42.7 Å². The molecule has 1 aliphatic rings. The highest BCUT2D eigenvalue weighted by Crippen LogP contribution is 2.31. The molecule has 2 heterocycles. The molecule has 0 spiro atoms. The molecule has 8 heteroatoms. The van der Waals surface area contributed by atoms with Crippen LogP contribution in [0, 0.1) is 0 Å². The largest absolute Gasteiger partial charge is 0.760 e. The second-order valence-corrected chi connectivity index (χ2v) is 8.29. The maximum Gasteiger partial charge on any atom is 0.279 e. The first-order valence-corrected chi connectivity index (χ1v) is 10.7. The van der Waals surface area contributed by atoms with Gasteiger partial charge in [0.2, 0.25) is 0 Å². The Labute approximate surface area is 164 Å². The van der Waals surface area contributed by atoms with Gasteiger partial charge in [0.05, 0.1) is 10.2 Å². The van der Waals surface area contributed by atoms with Crippen molar-refractivity contribution in [3.8, 4) is 10.9 Å². The van der Waals surface area contributed by atoms with Crippen molar-refractivity contribution in [2.24, 2.45) is 0 Å². The Morgan fingerprint density at radius 1 is 1.19 bits per heavy atom. The van der Waals surface area contributed by atoms with Crippen molar-refractivity contribution in [3.05, 3.63) is 54.1 Å². The second-order valence-electron chi connectivity index (χ2n) is 6.60. The molecule has 1 aromatic heterocycles. The molecule has 1 fully saturated rings. The lowest BCUT2D eigenvalue weighted by atomic mass is 10.1. The number of nitrogens with one attached hydrogen (secondary N) is 1. The van der Waals surface area contributed by atoms with Crippen LogP contribution < -0.4 is 9.46 Å². The molecule has 142 valence electrons. The number of piperidine rings is 1. The van der Waals surface area contributed by atoms with Crippen molar-refractivity contribution in [2.75, 3.05) is 13.1 Å². The molecule has 1 unspecified atom stereocenters. The number of nitrogens with zero attached hydrogens (tertiary/aromatic N) is 2. The zero-order valence-electron chi connectivity index (χ0n) is 14.7. The molecule has 27 heavy (non-hydrogen) atoms. The fourth-order valence-electron chi connectivity index (χ4n) is 3.26. The Morgan fingerprint density at radius 2 is 1.93 bits per heavy atom. The van der Waals surface area contributed by atoms with Gasteiger partial charge in [-0.25, -0.2) is 9.71 Å². The van der Waals surface area contributed by atoms with Crippen molar-refractivity contribution < 1.29 is 13.5 Å². The van der Waals surface area contributed by atoms with Crippen LogP contribution in [0.3, 0.4) is 0 Å². The lowest BCUT2D eigenvalue weighted by Gasteiger charge is -2.32. The molecule has 4 rings (SSSR count). The minimum Gasteiger partial charge on any atom is -0.760 e. The average Bonchev–Trinajstić information content (AvgIpc) is 3.07. The van der Waals surface area contributed by atoms with Crippen LogP contribution in [-0.2, 0) is 17.8 Å². The van der Waals surface area contributed by atoms with Crippen LogP contribution >= 0.6 is 11.3 Å². The summed E-state index contributed by atoms with van der Waals surface area (Å²) in [6.07, 6.45) is 1.68. The monoisotopic (exact) mass is 402 g/mol. The summed E-state index contributed by atoms with van der Waals surface area (Å²) in [7, 11) is 0. The van der Waals surface area contributed by atoms with Crippen LogP contribution in [0.1, 0.15) is 18.4 Å². The molecule has 0 radical (unpaired) electrons. The number of likely N-dealkylation sites (tertiary alicyclic amines) is 1. The van der Waals surface area contributed by atoms with E-state index in [0.29, 0.717) is 5.19 Å². The van der Waals surface area contributed by atoms with Gasteiger partial charge in [0.15, 0.2) is 0 Å². The summed E-state index contributed by atoms with van der Waals surface area (Å²) < 4.78 is 31.0. The summed E-state index contributed by atoms with van der Waals surface area (Å²) in [6.45, 7) is 2.63. The number of ether oxygens (including phenoxy) is 1. The van der Waals surface area contributed by atoms with E-state index in [2.05, 4.69) is 26.7 Å². The van der Waals surface area contributed by atoms with Gasteiger partial charge in [0.1, 0.15) is 5.75 Å². The number of hydrogen-bond donors (Lipinski definition) is 1. The highest BCUT2D eigenvalue weighted by Gasteiger charge is 2.19. The number of fused-ring (bicyclic) bond motifs is 1. The van der Waals surface area contributed by atoms with Crippen molar-refractivity contribution in [1.29, 1.82) is 0 Å². The van der Waals surface area contributed by atoms with Crippen molar-refractivity contribution in [3.63, 3.8) is 0 Å². The van der Waals surface area contributed by atoms with E-state index < -0.39 is 11.3 Å². The molecule has 6 nitrogen and oxygen atoms in total. The summed E-state index contributed by atoms with van der Waals surface area (Å²) in [5, 5.41) is 0.647. The number of hydrogen-bond acceptors (Lipinski definition) is 6. The molecule has 0 saturated carbocycles. The fourth-order valence-corrected chi connectivity index (χ4v) is 4.60. The molecule has 0 bridgehead atoms. The van der Waals surface area contributed by atoms with E-state index in [9.17, 15) is 8.76 Å². The van der Waals surface area contributed by atoms with E-state index >= 15 is 0 Å². The number of para-hydroxylation sites is 1. The lowest BCUT2D eigenvalue weighted by molar-refractivity contribution is 0.199. The standard InChI is InChI=1S/C19H21N3O3S2/c23-27(24)21-15-9-11-22(12-10-15)13-14-5-7-16(8-6-14)25-19-20-17-3-1-2-4-18(17)26-19/h1-8,15,21H,9-13H2,(H,23,24)/p-1. The van der Waals surface area contributed by atoms with E-state index in [4.69, 9.17) is 4.74 Å². The summed E-state index contributed by atoms with van der Waals surface area (Å²) >= 11 is -0.636. The lowest BCUT2D eigenvalue weighted by Crippen LogP contribution is -2.42. The Bertz CT molecular complexity index is 888. The summed E-state index contributed by atoms with van der Waals surface area (Å²) in [5.41, 5.74) is 2.17. The van der Waals surface area contributed by atoms with Gasteiger partial charge in [0, 0.05) is 36.9 Å². The third-order valence-electron chi connectivity index (χ3n) is 4.66. The molecule has 0 amide bonds. The Hall–Kier alpha value is -1.84. The number of benzene rings is 2. The molecule has 0 aliphatic carbocycles. The molecule has 1 N–H and O–H groups in total. The van der Waals surface area contributed by atoms with Crippen LogP contribution in [0.15, 0.2) is 48.5 Å². The molecular weight excluding hydrogens is 382 g/mol. The highest BCUT2D eigenvalue weighted by molar-refractivity contribution is 7.77. The maximum atomic E-state index is 10.7. The van der Waals surface area contributed by atoms with Gasteiger partial charge in [-0.2, -0.15) is 0 Å². The normalized spacial score (nSPS) is 17.2. The van der Waals surface area contributed by atoms with E-state index in [-0.39, 0.29) is 6.04 Å². The average molecular weight is 403 g/mol. The topological polar surface area (TPSA) is 77.5 Å². The molecule has 1 aliphatic heterocycles. The van der Waals surface area contributed by atoms with Crippen molar-refractivity contribution >= 4 is 32.8 Å². The minimum atomic E-state index is -2.17. The highest BCUT2D eigenvalue weighted by atomic mass is 32.2. The number of thiazole rings is 1. The Balaban J connectivity index is 1.32. The summed E-state index contributed by atoms with van der Waals surface area (Å²) in [4.78, 5) is 6.83. The van der Waals surface area contributed by atoms with E-state index in [0.717, 1.165) is 48.4 Å². The fraction of sp³-hybridized carbons (Fsp3) is 0.316.